The predicted octanol–water partition coefficient (Wildman–Crippen LogP) is 4.79. The largest absolute Gasteiger partial charge is 0.484 e. The summed E-state index contributed by atoms with van der Waals surface area (Å²) in [5.41, 5.74) is 3.08. The number of carbonyl (C=O) groups is 2. The van der Waals surface area contributed by atoms with Crippen LogP contribution in [0.4, 0.5) is 0 Å². The molecule has 0 bridgehead atoms. The molecule has 0 aromatic heterocycles. The minimum Gasteiger partial charge on any atom is -0.484 e. The second-order valence-corrected chi connectivity index (χ2v) is 8.96. The Labute approximate surface area is 202 Å². The van der Waals surface area contributed by atoms with E-state index in [-0.39, 0.29) is 18.4 Å². The first-order chi connectivity index (χ1) is 16.4. The third kappa shape index (κ3) is 7.77. The minimum atomic E-state index is -0.659. The van der Waals surface area contributed by atoms with Gasteiger partial charge < -0.3 is 15.0 Å². The molecule has 5 heteroatoms. The maximum absolute atomic E-state index is 13.5. The molecule has 3 rings (SSSR count). The Morgan fingerprint density at radius 2 is 1.53 bits per heavy atom. The summed E-state index contributed by atoms with van der Waals surface area (Å²) < 4.78 is 5.77. The van der Waals surface area contributed by atoms with Crippen molar-refractivity contribution in [1.82, 2.24) is 10.2 Å². The van der Waals surface area contributed by atoms with E-state index in [1.54, 1.807) is 4.90 Å². The van der Waals surface area contributed by atoms with Gasteiger partial charge in [-0.15, -0.1) is 0 Å². The third-order valence-corrected chi connectivity index (χ3v) is 5.50. The Bertz CT molecular complexity index is 1050. The summed E-state index contributed by atoms with van der Waals surface area (Å²) in [6.07, 6.45) is 0.424. The highest BCUT2D eigenvalue weighted by Gasteiger charge is 2.30. The Balaban J connectivity index is 1.89. The van der Waals surface area contributed by atoms with Crippen molar-refractivity contribution in [3.63, 3.8) is 0 Å². The minimum absolute atomic E-state index is 0.140. The molecule has 0 radical (unpaired) electrons. The number of nitrogens with one attached hydrogen (secondary N) is 1. The summed E-state index contributed by atoms with van der Waals surface area (Å²) >= 11 is 0. The fourth-order valence-electron chi connectivity index (χ4n) is 3.73. The lowest BCUT2D eigenvalue weighted by molar-refractivity contribution is -0.142. The monoisotopic (exact) mass is 458 g/mol. The van der Waals surface area contributed by atoms with Gasteiger partial charge in [0.1, 0.15) is 11.8 Å². The summed E-state index contributed by atoms with van der Waals surface area (Å²) in [5.74, 6) is 0.545. The van der Waals surface area contributed by atoms with Gasteiger partial charge in [-0.1, -0.05) is 92.2 Å². The fourth-order valence-corrected chi connectivity index (χ4v) is 3.73. The SMILES string of the molecule is Cc1cccc(CN(C(=O)COc2ccccc2)[C@@H](Cc2ccccc2)C(=O)NCC(C)C)c1. The topological polar surface area (TPSA) is 58.6 Å². The van der Waals surface area contributed by atoms with Gasteiger partial charge >= 0.3 is 0 Å². The normalized spacial score (nSPS) is 11.6. The number of ether oxygens (including phenoxy) is 1. The number of hydrogen-bond acceptors (Lipinski definition) is 3. The van der Waals surface area contributed by atoms with Crippen LogP contribution in [0.15, 0.2) is 84.9 Å². The van der Waals surface area contributed by atoms with E-state index in [1.807, 2.05) is 91.9 Å². The molecule has 1 atom stereocenters. The number of benzene rings is 3. The molecular formula is C29H34N2O3. The van der Waals surface area contributed by atoms with Crippen LogP contribution in [-0.2, 0) is 22.6 Å². The summed E-state index contributed by atoms with van der Waals surface area (Å²) in [6, 6.07) is 26.4. The van der Waals surface area contributed by atoms with Gasteiger partial charge in [-0.2, -0.15) is 0 Å². The van der Waals surface area contributed by atoms with E-state index in [9.17, 15) is 9.59 Å². The van der Waals surface area contributed by atoms with E-state index in [2.05, 4.69) is 19.2 Å². The molecule has 2 amide bonds. The lowest BCUT2D eigenvalue weighted by Crippen LogP contribution is -2.52. The van der Waals surface area contributed by atoms with Crippen molar-refractivity contribution < 1.29 is 14.3 Å². The number of amides is 2. The van der Waals surface area contributed by atoms with Crippen LogP contribution in [0.25, 0.3) is 0 Å². The van der Waals surface area contributed by atoms with Crippen molar-refractivity contribution in [3.8, 4) is 5.75 Å². The van der Waals surface area contributed by atoms with Crippen LogP contribution < -0.4 is 10.1 Å². The summed E-state index contributed by atoms with van der Waals surface area (Å²) in [4.78, 5) is 28.5. The average Bonchev–Trinajstić information content (AvgIpc) is 2.84. The molecular weight excluding hydrogens is 424 g/mol. The van der Waals surface area contributed by atoms with Crippen LogP contribution in [0.3, 0.4) is 0 Å². The van der Waals surface area contributed by atoms with Gasteiger partial charge in [-0.3, -0.25) is 9.59 Å². The zero-order chi connectivity index (χ0) is 24.3. The van der Waals surface area contributed by atoms with E-state index >= 15 is 0 Å². The second-order valence-electron chi connectivity index (χ2n) is 8.96. The van der Waals surface area contributed by atoms with Crippen LogP contribution in [0, 0.1) is 12.8 Å². The van der Waals surface area contributed by atoms with Crippen LogP contribution >= 0.6 is 0 Å². The molecule has 5 nitrogen and oxygen atoms in total. The smallest absolute Gasteiger partial charge is 0.261 e. The van der Waals surface area contributed by atoms with E-state index in [0.29, 0.717) is 31.2 Å². The molecule has 0 fully saturated rings. The molecule has 0 saturated carbocycles. The van der Waals surface area contributed by atoms with Gasteiger partial charge in [-0.25, -0.2) is 0 Å². The predicted molar refractivity (Wildman–Crippen MR) is 135 cm³/mol. The lowest BCUT2D eigenvalue weighted by Gasteiger charge is -2.31. The summed E-state index contributed by atoms with van der Waals surface area (Å²) in [6.45, 7) is 6.86. The Morgan fingerprint density at radius 3 is 2.18 bits per heavy atom. The Kier molecular flexibility index (Phi) is 9.27. The molecule has 0 spiro atoms. The Hall–Kier alpha value is -3.60. The van der Waals surface area contributed by atoms with E-state index in [0.717, 1.165) is 16.7 Å². The van der Waals surface area contributed by atoms with Crippen LogP contribution in [0.1, 0.15) is 30.5 Å². The summed E-state index contributed by atoms with van der Waals surface area (Å²) in [5, 5.41) is 3.04. The Morgan fingerprint density at radius 1 is 0.882 bits per heavy atom. The first kappa shape index (κ1) is 25.0. The van der Waals surface area contributed by atoms with Crippen LogP contribution in [0.5, 0.6) is 5.75 Å². The second kappa shape index (κ2) is 12.6. The van der Waals surface area contributed by atoms with Crippen molar-refractivity contribution in [2.24, 2.45) is 5.92 Å². The number of rotatable bonds is 11. The molecule has 178 valence electrons. The van der Waals surface area contributed by atoms with Crippen molar-refractivity contribution in [2.45, 2.75) is 39.8 Å². The zero-order valence-electron chi connectivity index (χ0n) is 20.2. The van der Waals surface area contributed by atoms with Gasteiger partial charge in [0.2, 0.25) is 5.91 Å². The third-order valence-electron chi connectivity index (χ3n) is 5.50. The van der Waals surface area contributed by atoms with Gasteiger partial charge in [0.05, 0.1) is 0 Å². The highest BCUT2D eigenvalue weighted by Crippen LogP contribution is 2.17. The molecule has 0 unspecified atom stereocenters. The number of para-hydroxylation sites is 1. The highest BCUT2D eigenvalue weighted by molar-refractivity contribution is 5.88. The van der Waals surface area contributed by atoms with E-state index < -0.39 is 6.04 Å². The highest BCUT2D eigenvalue weighted by atomic mass is 16.5. The molecule has 0 saturated heterocycles. The maximum Gasteiger partial charge on any atom is 0.261 e. The molecule has 1 N–H and O–H groups in total. The molecule has 0 aliphatic heterocycles. The standard InChI is InChI=1S/C29H34N2O3/c1-22(2)19-30-29(33)27(18-24-12-6-4-7-13-24)31(20-25-14-10-11-23(3)17-25)28(32)21-34-26-15-8-5-9-16-26/h4-17,22,27H,18-21H2,1-3H3,(H,30,33)/t27-/m0/s1. The number of hydrogen-bond donors (Lipinski definition) is 1. The first-order valence-electron chi connectivity index (χ1n) is 11.8. The molecule has 34 heavy (non-hydrogen) atoms. The van der Waals surface area contributed by atoms with Crippen LogP contribution in [-0.4, -0.2) is 35.9 Å². The van der Waals surface area contributed by atoms with Crippen molar-refractivity contribution in [1.29, 1.82) is 0 Å². The van der Waals surface area contributed by atoms with Gasteiger partial charge in [0.25, 0.3) is 5.91 Å². The first-order valence-corrected chi connectivity index (χ1v) is 11.8. The number of nitrogens with zero attached hydrogens (tertiary/aromatic N) is 1. The average molecular weight is 459 g/mol. The van der Waals surface area contributed by atoms with Crippen LogP contribution in [0.2, 0.25) is 0 Å². The molecule has 0 aliphatic rings. The van der Waals surface area contributed by atoms with E-state index in [4.69, 9.17) is 4.74 Å². The molecule has 0 heterocycles. The van der Waals surface area contributed by atoms with Crippen molar-refractivity contribution >= 4 is 11.8 Å². The fraction of sp³-hybridized carbons (Fsp3) is 0.310. The zero-order valence-corrected chi connectivity index (χ0v) is 20.2. The van der Waals surface area contributed by atoms with Gasteiger partial charge in [0.15, 0.2) is 6.61 Å². The summed E-state index contributed by atoms with van der Waals surface area (Å²) in [7, 11) is 0. The molecule has 3 aromatic rings. The van der Waals surface area contributed by atoms with Crippen molar-refractivity contribution in [3.05, 3.63) is 102 Å². The quantitative estimate of drug-likeness (QED) is 0.450. The maximum atomic E-state index is 13.5. The number of aryl methyl sites for hydroxylation is 1. The molecule has 3 aromatic carbocycles. The van der Waals surface area contributed by atoms with Gasteiger partial charge in [-0.05, 0) is 36.1 Å². The van der Waals surface area contributed by atoms with Gasteiger partial charge in [0, 0.05) is 19.5 Å². The lowest BCUT2D eigenvalue weighted by atomic mass is 10.0. The van der Waals surface area contributed by atoms with E-state index in [1.165, 1.54) is 0 Å². The number of carbonyl (C=O) groups excluding carboxylic acids is 2. The van der Waals surface area contributed by atoms with Crippen molar-refractivity contribution in [2.75, 3.05) is 13.2 Å². The molecule has 0 aliphatic carbocycles.